The summed E-state index contributed by atoms with van der Waals surface area (Å²) in [6.07, 6.45) is 13.3. The van der Waals surface area contributed by atoms with Crippen molar-refractivity contribution < 1.29 is 28.5 Å². The number of ether oxygens (including phenoxy) is 5. The lowest BCUT2D eigenvalue weighted by Crippen LogP contribution is -2.59. The van der Waals surface area contributed by atoms with Crippen LogP contribution in [0.1, 0.15) is 113 Å². The number of nitrogens with zero attached hydrogens (tertiary/aromatic N) is 1. The number of rotatable bonds is 5. The molecule has 3 aliphatic heterocycles. The molecule has 5 aliphatic carbocycles. The smallest absolute Gasteiger partial charge is 0.311 e. The number of carbonyl (C=O) groups is 1. The van der Waals surface area contributed by atoms with Gasteiger partial charge in [-0.15, -0.1) is 0 Å². The lowest BCUT2D eigenvalue weighted by Gasteiger charge is -2.63. The van der Waals surface area contributed by atoms with Gasteiger partial charge in [0.15, 0.2) is 6.29 Å². The predicted molar refractivity (Wildman–Crippen MR) is 171 cm³/mol. The van der Waals surface area contributed by atoms with Crippen LogP contribution < -0.4 is 0 Å². The minimum Gasteiger partial charge on any atom is -0.463 e. The van der Waals surface area contributed by atoms with Gasteiger partial charge in [0, 0.05) is 6.54 Å². The van der Waals surface area contributed by atoms with E-state index in [1.54, 1.807) is 0 Å². The van der Waals surface area contributed by atoms with Crippen LogP contribution in [0.25, 0.3) is 0 Å². The van der Waals surface area contributed by atoms with E-state index in [0.717, 1.165) is 51.2 Å². The average Bonchev–Trinajstić information content (AvgIpc) is 3.56. The van der Waals surface area contributed by atoms with Gasteiger partial charge < -0.3 is 23.7 Å². The van der Waals surface area contributed by atoms with Crippen LogP contribution in [0.3, 0.4) is 0 Å². The number of fused-ring (bicyclic) bond motifs is 4. The maximum Gasteiger partial charge on any atom is 0.311 e. The summed E-state index contributed by atoms with van der Waals surface area (Å²) in [6.45, 7) is 20.9. The Balaban J connectivity index is 0.959. The summed E-state index contributed by atoms with van der Waals surface area (Å²) in [6, 6.07) is 0.546. The van der Waals surface area contributed by atoms with E-state index in [1.165, 1.54) is 57.8 Å². The molecule has 7 nitrogen and oxygen atoms in total. The fourth-order valence-corrected chi connectivity index (χ4v) is 13.2. The highest BCUT2D eigenvalue weighted by molar-refractivity contribution is 5.75. The van der Waals surface area contributed by atoms with Crippen LogP contribution in [-0.4, -0.2) is 81.0 Å². The molecule has 2 spiro atoms. The van der Waals surface area contributed by atoms with E-state index in [4.69, 9.17) is 23.7 Å². The number of hydrogen-bond donors (Lipinski definition) is 0. The molecule has 5 saturated carbocycles. The summed E-state index contributed by atoms with van der Waals surface area (Å²) in [4.78, 5) is 15.0. The first kappa shape index (κ1) is 31.5. The molecule has 0 aromatic rings. The van der Waals surface area contributed by atoms with Crippen LogP contribution in [0, 0.1) is 50.2 Å². The third-order valence-electron chi connectivity index (χ3n) is 15.9. The van der Waals surface area contributed by atoms with Crippen molar-refractivity contribution in [1.82, 2.24) is 4.90 Å². The summed E-state index contributed by atoms with van der Waals surface area (Å²) in [5.74, 6) is 2.03. The molecule has 3 heterocycles. The maximum absolute atomic E-state index is 12.5. The van der Waals surface area contributed by atoms with Crippen molar-refractivity contribution in [3.05, 3.63) is 0 Å². The van der Waals surface area contributed by atoms with E-state index in [1.807, 2.05) is 20.8 Å². The molecule has 7 heteroatoms. The Morgan fingerprint density at radius 2 is 1.67 bits per heavy atom. The van der Waals surface area contributed by atoms with Gasteiger partial charge in [0.1, 0.15) is 6.61 Å². The standard InChI is InChI=1S/C38H61NO6/c1-33(2,3)32(40)43-22-25-8-9-26-27(44-25)18-36(7)29-11-10-28-34(4,5)30(45-31-19-39(16-17-42-31)24-20-41-21-24)12-13-37(28)23-38(29,37)15-14-35(26,36)6/h24-31H,8-23H2,1-7H3/t25?,26?,27?,28?,29?,30?,31?,35?,36-,37?,38?/m0/s1. The third kappa shape index (κ3) is 4.48. The van der Waals surface area contributed by atoms with Gasteiger partial charge in [-0.25, -0.2) is 0 Å². The van der Waals surface area contributed by atoms with E-state index in [9.17, 15) is 4.79 Å². The first-order valence-electron chi connectivity index (χ1n) is 18.7. The Morgan fingerprint density at radius 1 is 0.911 bits per heavy atom. The third-order valence-corrected chi connectivity index (χ3v) is 15.9. The van der Waals surface area contributed by atoms with Crippen molar-refractivity contribution in [1.29, 1.82) is 0 Å². The molecule has 8 aliphatic rings. The van der Waals surface area contributed by atoms with E-state index in [2.05, 4.69) is 32.6 Å². The van der Waals surface area contributed by atoms with Gasteiger partial charge in [0.05, 0.1) is 56.1 Å². The summed E-state index contributed by atoms with van der Waals surface area (Å²) in [5, 5.41) is 0. The van der Waals surface area contributed by atoms with Crippen molar-refractivity contribution in [2.75, 3.05) is 39.5 Å². The highest BCUT2D eigenvalue weighted by atomic mass is 16.7. The first-order valence-corrected chi connectivity index (χ1v) is 18.7. The Labute approximate surface area is 272 Å². The molecule has 254 valence electrons. The van der Waals surface area contributed by atoms with E-state index < -0.39 is 5.41 Å². The summed E-state index contributed by atoms with van der Waals surface area (Å²) < 4.78 is 31.2. The molecule has 0 aromatic heterocycles. The lowest BCUT2D eigenvalue weighted by molar-refractivity contribution is -0.255. The van der Waals surface area contributed by atoms with E-state index in [-0.39, 0.29) is 29.9 Å². The van der Waals surface area contributed by atoms with Crippen molar-refractivity contribution in [3.8, 4) is 0 Å². The van der Waals surface area contributed by atoms with Crippen LogP contribution in [0.5, 0.6) is 0 Å². The van der Waals surface area contributed by atoms with Crippen molar-refractivity contribution >= 4 is 5.97 Å². The Hall–Kier alpha value is -0.730. The van der Waals surface area contributed by atoms with Gasteiger partial charge in [0.2, 0.25) is 0 Å². The van der Waals surface area contributed by atoms with E-state index >= 15 is 0 Å². The molecule has 0 aromatic carbocycles. The molecule has 0 amide bonds. The number of esters is 1. The average molecular weight is 628 g/mol. The number of carbonyl (C=O) groups excluding carboxylic acids is 1. The minimum atomic E-state index is -0.468. The molecule has 8 fully saturated rings. The quantitative estimate of drug-likeness (QED) is 0.318. The van der Waals surface area contributed by atoms with Gasteiger partial charge in [-0.1, -0.05) is 27.7 Å². The topological polar surface area (TPSA) is 66.5 Å². The second-order valence-electron chi connectivity index (χ2n) is 19.0. The second kappa shape index (κ2) is 10.4. The molecule has 0 bridgehead atoms. The Morgan fingerprint density at radius 3 is 2.40 bits per heavy atom. The monoisotopic (exact) mass is 627 g/mol. The maximum atomic E-state index is 12.5. The molecular weight excluding hydrogens is 566 g/mol. The summed E-state index contributed by atoms with van der Waals surface area (Å²) >= 11 is 0. The molecule has 0 radical (unpaired) electrons. The Kier molecular flexibility index (Phi) is 7.28. The van der Waals surface area contributed by atoms with Crippen LogP contribution in [-0.2, 0) is 28.5 Å². The fraction of sp³-hybridized carbons (Fsp3) is 0.974. The predicted octanol–water partition coefficient (Wildman–Crippen LogP) is 6.61. The Bertz CT molecular complexity index is 1180. The summed E-state index contributed by atoms with van der Waals surface area (Å²) in [7, 11) is 0. The van der Waals surface area contributed by atoms with Gasteiger partial charge >= 0.3 is 5.97 Å². The molecule has 8 rings (SSSR count). The first-order chi connectivity index (χ1) is 21.2. The molecule has 11 atom stereocenters. The van der Waals surface area contributed by atoms with Crippen LogP contribution in [0.2, 0.25) is 0 Å². The minimum absolute atomic E-state index is 0.0419. The highest BCUT2D eigenvalue weighted by Crippen LogP contribution is 2.89. The molecule has 3 saturated heterocycles. The van der Waals surface area contributed by atoms with Crippen LogP contribution in [0.15, 0.2) is 0 Å². The zero-order valence-electron chi connectivity index (χ0n) is 29.3. The normalized spacial score (nSPS) is 50.7. The van der Waals surface area contributed by atoms with Crippen molar-refractivity contribution in [3.63, 3.8) is 0 Å². The molecule has 10 unspecified atom stereocenters. The fourth-order valence-electron chi connectivity index (χ4n) is 13.2. The van der Waals surface area contributed by atoms with Crippen LogP contribution >= 0.6 is 0 Å². The zero-order chi connectivity index (χ0) is 31.6. The zero-order valence-corrected chi connectivity index (χ0v) is 29.3. The van der Waals surface area contributed by atoms with Crippen LogP contribution in [0.4, 0.5) is 0 Å². The van der Waals surface area contributed by atoms with Gasteiger partial charge in [-0.3, -0.25) is 9.69 Å². The lowest BCUT2D eigenvalue weighted by atomic mass is 9.42. The van der Waals surface area contributed by atoms with Crippen molar-refractivity contribution in [2.45, 2.75) is 143 Å². The second-order valence-corrected chi connectivity index (χ2v) is 19.0. The SMILES string of the molecule is CC(C)(C)C(=O)OCC1CCC2C(C[C@@]3(C)C4CCC5C(C)(C)C(OC6CN(C7COC7)CCO6)CCC56CC46CCC23C)O1. The number of hydrogen-bond acceptors (Lipinski definition) is 7. The summed E-state index contributed by atoms with van der Waals surface area (Å²) in [5.41, 5.74) is 1.33. The molecule has 0 N–H and O–H groups in total. The number of morpholine rings is 1. The van der Waals surface area contributed by atoms with Gasteiger partial charge in [-0.2, -0.15) is 0 Å². The van der Waals surface area contributed by atoms with Gasteiger partial charge in [0.25, 0.3) is 0 Å². The van der Waals surface area contributed by atoms with E-state index in [0.29, 0.717) is 46.3 Å². The highest BCUT2D eigenvalue weighted by Gasteiger charge is 2.83. The van der Waals surface area contributed by atoms with Crippen molar-refractivity contribution in [2.24, 2.45) is 50.2 Å². The van der Waals surface area contributed by atoms with Gasteiger partial charge in [-0.05, 0) is 130 Å². The molecule has 45 heavy (non-hydrogen) atoms. The molecular formula is C38H61NO6. The largest absolute Gasteiger partial charge is 0.463 e.